The summed E-state index contributed by atoms with van der Waals surface area (Å²) in [5, 5.41) is 9.12. The van der Waals surface area contributed by atoms with Gasteiger partial charge in [-0.3, -0.25) is 4.79 Å². The maximum absolute atomic E-state index is 13.3. The predicted molar refractivity (Wildman–Crippen MR) is 144 cm³/mol. The Hall–Kier alpha value is -3.22. The first-order valence-electron chi connectivity index (χ1n) is 11.6. The average molecular weight is 511 g/mol. The monoisotopic (exact) mass is 510 g/mol. The Morgan fingerprint density at radius 3 is 2.43 bits per heavy atom. The van der Waals surface area contributed by atoms with Gasteiger partial charge in [0.25, 0.3) is 5.91 Å². The highest BCUT2D eigenvalue weighted by Crippen LogP contribution is 2.31. The minimum atomic E-state index is -0.482. The minimum Gasteiger partial charge on any atom is -0.371 e. The SMILES string of the molecule is CC1CCN(c2ccc(NC(=O)Nc3cccc(Cl)c3Cl)cc2C(=O)NCc2ccccc2)CC1. The third-order valence-electron chi connectivity index (χ3n) is 6.12. The van der Waals surface area contributed by atoms with Gasteiger partial charge in [0.1, 0.15) is 0 Å². The molecule has 8 heteroatoms. The number of halogens is 2. The molecule has 1 fully saturated rings. The Labute approximate surface area is 215 Å². The summed E-state index contributed by atoms with van der Waals surface area (Å²) in [5.41, 5.74) is 3.30. The molecule has 3 aromatic rings. The molecule has 0 radical (unpaired) electrons. The molecule has 0 bridgehead atoms. The molecule has 3 amide bonds. The molecule has 3 aromatic carbocycles. The fourth-order valence-electron chi connectivity index (χ4n) is 4.08. The van der Waals surface area contributed by atoms with Crippen molar-refractivity contribution in [2.24, 2.45) is 5.92 Å². The van der Waals surface area contributed by atoms with E-state index in [0.717, 1.165) is 37.2 Å². The number of hydrogen-bond acceptors (Lipinski definition) is 3. The molecule has 0 unspecified atom stereocenters. The molecule has 0 saturated carbocycles. The first-order valence-corrected chi connectivity index (χ1v) is 12.4. The van der Waals surface area contributed by atoms with E-state index in [1.54, 1.807) is 30.3 Å². The second kappa shape index (κ2) is 11.5. The zero-order valence-corrected chi connectivity index (χ0v) is 21.0. The Morgan fingerprint density at radius 2 is 1.69 bits per heavy atom. The van der Waals surface area contributed by atoms with Crippen molar-refractivity contribution < 1.29 is 9.59 Å². The standard InChI is InChI=1S/C27H28Cl2N4O2/c1-18-12-14-33(15-13-18)24-11-10-20(31-27(35)32-23-9-5-8-22(28)25(23)29)16-21(24)26(34)30-17-19-6-3-2-4-7-19/h2-11,16,18H,12-15,17H2,1H3,(H,30,34)(H2,31,32,35). The number of urea groups is 1. The van der Waals surface area contributed by atoms with Crippen LogP contribution in [0.2, 0.25) is 10.0 Å². The number of hydrogen-bond donors (Lipinski definition) is 3. The van der Waals surface area contributed by atoms with Crippen LogP contribution >= 0.6 is 23.2 Å². The van der Waals surface area contributed by atoms with Gasteiger partial charge in [-0.05, 0) is 54.7 Å². The summed E-state index contributed by atoms with van der Waals surface area (Å²) in [6.07, 6.45) is 2.15. The van der Waals surface area contributed by atoms with Crippen molar-refractivity contribution in [1.82, 2.24) is 5.32 Å². The van der Waals surface area contributed by atoms with Crippen LogP contribution in [0.25, 0.3) is 0 Å². The van der Waals surface area contributed by atoms with Crippen molar-refractivity contribution >= 4 is 52.2 Å². The number of benzene rings is 3. The van der Waals surface area contributed by atoms with E-state index in [1.165, 1.54) is 0 Å². The predicted octanol–water partition coefficient (Wildman–Crippen LogP) is 6.80. The van der Waals surface area contributed by atoms with Crippen molar-refractivity contribution in [3.05, 3.63) is 87.9 Å². The molecule has 0 aromatic heterocycles. The van der Waals surface area contributed by atoms with Crippen LogP contribution in [0.15, 0.2) is 66.7 Å². The number of piperidine rings is 1. The van der Waals surface area contributed by atoms with Gasteiger partial charge in [-0.25, -0.2) is 4.79 Å². The number of carbonyl (C=O) groups excluding carboxylic acids is 2. The summed E-state index contributed by atoms with van der Waals surface area (Å²) in [5.74, 6) is 0.481. The molecule has 0 atom stereocenters. The van der Waals surface area contributed by atoms with Gasteiger partial charge in [0, 0.05) is 31.0 Å². The summed E-state index contributed by atoms with van der Waals surface area (Å²) < 4.78 is 0. The average Bonchev–Trinajstić information content (AvgIpc) is 2.86. The van der Waals surface area contributed by atoms with Gasteiger partial charge in [-0.1, -0.05) is 66.5 Å². The third kappa shape index (κ3) is 6.47. The van der Waals surface area contributed by atoms with Crippen LogP contribution in [0, 0.1) is 5.92 Å². The van der Waals surface area contributed by atoms with E-state index in [0.29, 0.717) is 34.4 Å². The van der Waals surface area contributed by atoms with E-state index < -0.39 is 6.03 Å². The van der Waals surface area contributed by atoms with Crippen molar-refractivity contribution in [1.29, 1.82) is 0 Å². The van der Waals surface area contributed by atoms with Crippen LogP contribution in [0.4, 0.5) is 21.9 Å². The highest BCUT2D eigenvalue weighted by Gasteiger charge is 2.22. The molecular formula is C27H28Cl2N4O2. The van der Waals surface area contributed by atoms with Crippen molar-refractivity contribution in [3.63, 3.8) is 0 Å². The molecule has 1 aliphatic rings. The molecule has 4 rings (SSSR count). The maximum atomic E-state index is 13.3. The summed E-state index contributed by atoms with van der Waals surface area (Å²) in [6, 6.07) is 19.7. The Balaban J connectivity index is 1.53. The van der Waals surface area contributed by atoms with Crippen LogP contribution in [0.3, 0.4) is 0 Å². The first kappa shape index (κ1) is 24.9. The van der Waals surface area contributed by atoms with E-state index in [9.17, 15) is 9.59 Å². The fraction of sp³-hybridized carbons (Fsp3) is 0.259. The largest absolute Gasteiger partial charge is 0.371 e. The van der Waals surface area contributed by atoms with Gasteiger partial charge in [0.15, 0.2) is 0 Å². The van der Waals surface area contributed by atoms with Gasteiger partial charge in [0.05, 0.1) is 21.3 Å². The lowest BCUT2D eigenvalue weighted by Crippen LogP contribution is -2.35. The van der Waals surface area contributed by atoms with Crippen molar-refractivity contribution in [2.75, 3.05) is 28.6 Å². The molecule has 35 heavy (non-hydrogen) atoms. The molecule has 1 aliphatic heterocycles. The normalized spacial score (nSPS) is 13.9. The van der Waals surface area contributed by atoms with E-state index in [4.69, 9.17) is 23.2 Å². The van der Waals surface area contributed by atoms with Crippen LogP contribution in [0.1, 0.15) is 35.7 Å². The lowest BCUT2D eigenvalue weighted by Gasteiger charge is -2.33. The van der Waals surface area contributed by atoms with Gasteiger partial charge in [0.2, 0.25) is 0 Å². The Morgan fingerprint density at radius 1 is 0.943 bits per heavy atom. The van der Waals surface area contributed by atoms with Gasteiger partial charge < -0.3 is 20.9 Å². The topological polar surface area (TPSA) is 73.5 Å². The minimum absolute atomic E-state index is 0.190. The Kier molecular flexibility index (Phi) is 8.16. The second-order valence-corrected chi connectivity index (χ2v) is 9.54. The molecule has 3 N–H and O–H groups in total. The number of anilines is 3. The molecule has 6 nitrogen and oxygen atoms in total. The van der Waals surface area contributed by atoms with Crippen LogP contribution in [-0.2, 0) is 6.54 Å². The lowest BCUT2D eigenvalue weighted by atomic mass is 9.97. The fourth-order valence-corrected chi connectivity index (χ4v) is 4.43. The summed E-state index contributed by atoms with van der Waals surface area (Å²) >= 11 is 12.2. The number of amides is 3. The third-order valence-corrected chi connectivity index (χ3v) is 6.94. The van der Waals surface area contributed by atoms with Gasteiger partial charge >= 0.3 is 6.03 Å². The quantitative estimate of drug-likeness (QED) is 0.341. The number of nitrogens with zero attached hydrogens (tertiary/aromatic N) is 1. The van der Waals surface area contributed by atoms with Crippen molar-refractivity contribution in [2.45, 2.75) is 26.3 Å². The smallest absolute Gasteiger partial charge is 0.323 e. The summed E-state index contributed by atoms with van der Waals surface area (Å²) in [6.45, 7) is 4.45. The van der Waals surface area contributed by atoms with Crippen LogP contribution < -0.4 is 20.9 Å². The molecule has 0 spiro atoms. The zero-order chi connectivity index (χ0) is 24.8. The highest BCUT2D eigenvalue weighted by molar-refractivity contribution is 6.44. The van der Waals surface area contributed by atoms with Gasteiger partial charge in [-0.2, -0.15) is 0 Å². The Bertz CT molecular complexity index is 1200. The van der Waals surface area contributed by atoms with E-state index in [2.05, 4.69) is 27.8 Å². The summed E-state index contributed by atoms with van der Waals surface area (Å²) in [4.78, 5) is 28.1. The van der Waals surface area contributed by atoms with Crippen molar-refractivity contribution in [3.8, 4) is 0 Å². The molecule has 1 saturated heterocycles. The lowest BCUT2D eigenvalue weighted by molar-refractivity contribution is 0.0951. The maximum Gasteiger partial charge on any atom is 0.323 e. The summed E-state index contributed by atoms with van der Waals surface area (Å²) in [7, 11) is 0. The molecular weight excluding hydrogens is 483 g/mol. The van der Waals surface area contributed by atoms with E-state index in [1.807, 2.05) is 36.4 Å². The van der Waals surface area contributed by atoms with E-state index in [-0.39, 0.29) is 10.9 Å². The molecule has 182 valence electrons. The molecule has 1 heterocycles. The number of rotatable bonds is 6. The number of carbonyl (C=O) groups is 2. The van der Waals surface area contributed by atoms with Crippen LogP contribution in [0.5, 0.6) is 0 Å². The van der Waals surface area contributed by atoms with Gasteiger partial charge in [-0.15, -0.1) is 0 Å². The zero-order valence-electron chi connectivity index (χ0n) is 19.5. The van der Waals surface area contributed by atoms with Crippen LogP contribution in [-0.4, -0.2) is 25.0 Å². The first-order chi connectivity index (χ1) is 16.9. The second-order valence-electron chi connectivity index (χ2n) is 8.75. The molecule has 0 aliphatic carbocycles. The van der Waals surface area contributed by atoms with E-state index >= 15 is 0 Å². The highest BCUT2D eigenvalue weighted by atomic mass is 35.5. The number of nitrogens with one attached hydrogen (secondary N) is 3.